The molecule has 0 aromatic heterocycles. The molecule has 0 radical (unpaired) electrons. The Morgan fingerprint density at radius 3 is 2.20 bits per heavy atom. The zero-order valence-corrected chi connectivity index (χ0v) is 24.3. The number of fused-ring (bicyclic) bond motifs is 2. The van der Waals surface area contributed by atoms with Gasteiger partial charge in [0.25, 0.3) is 0 Å². The van der Waals surface area contributed by atoms with E-state index in [1.807, 2.05) is 95.5 Å². The third kappa shape index (κ3) is 5.05. The predicted octanol–water partition coefficient (Wildman–Crippen LogP) is 5.51. The number of amidine groups is 1. The molecule has 3 aliphatic rings. The standard InChI is InChI=1S/C32H27N5O2S2/c1-35-23-12-6-8-14-27(23)40-31(35)22(18-33)25(38)19-34-30-29(32-36(2)24-13-7-9-15-28(24)41-32)26(39)20-37(30)17-16-21-10-4-3-5-11-21/h3-15H,16-17,19-20H2,1-2H3/b31-22-,32-29-,34-30?. The first-order chi connectivity index (χ1) is 20.0. The molecule has 3 aromatic rings. The Kier molecular flexibility index (Phi) is 7.43. The molecule has 0 amide bonds. The van der Waals surface area contributed by atoms with Crippen LogP contribution in [-0.2, 0) is 16.0 Å². The molecule has 3 heterocycles. The van der Waals surface area contributed by atoms with E-state index in [0.717, 1.165) is 38.2 Å². The second-order valence-corrected chi connectivity index (χ2v) is 11.9. The highest BCUT2D eigenvalue weighted by Gasteiger charge is 2.38. The van der Waals surface area contributed by atoms with Crippen molar-refractivity contribution in [1.82, 2.24) is 4.90 Å². The maximum Gasteiger partial charge on any atom is 0.197 e. The molecule has 41 heavy (non-hydrogen) atoms. The second-order valence-electron chi connectivity index (χ2n) is 9.87. The summed E-state index contributed by atoms with van der Waals surface area (Å²) >= 11 is 2.96. The molecule has 0 unspecified atom stereocenters. The monoisotopic (exact) mass is 577 g/mol. The number of hydrogen-bond donors (Lipinski definition) is 0. The Labute approximate surface area is 247 Å². The number of anilines is 2. The molecular formula is C32H27N5O2S2. The van der Waals surface area contributed by atoms with Gasteiger partial charge in [-0.3, -0.25) is 14.6 Å². The van der Waals surface area contributed by atoms with E-state index in [1.165, 1.54) is 11.8 Å². The summed E-state index contributed by atoms with van der Waals surface area (Å²) in [5, 5.41) is 11.4. The number of Topliss-reactive ketones (excluding diaryl/α,β-unsaturated/α-hetero) is 2. The molecule has 1 fully saturated rings. The molecule has 6 rings (SSSR count). The van der Waals surface area contributed by atoms with Gasteiger partial charge in [0.1, 0.15) is 29.1 Å². The van der Waals surface area contributed by atoms with Crippen LogP contribution in [0, 0.1) is 11.3 Å². The van der Waals surface area contributed by atoms with E-state index in [0.29, 0.717) is 23.0 Å². The smallest absolute Gasteiger partial charge is 0.197 e. The number of carbonyl (C=O) groups is 2. The van der Waals surface area contributed by atoms with Crippen LogP contribution in [0.25, 0.3) is 0 Å². The third-order valence-electron chi connectivity index (χ3n) is 7.32. The van der Waals surface area contributed by atoms with Crippen molar-refractivity contribution in [3.05, 3.63) is 106 Å². The zero-order chi connectivity index (χ0) is 28.5. The van der Waals surface area contributed by atoms with Gasteiger partial charge < -0.3 is 14.7 Å². The summed E-state index contributed by atoms with van der Waals surface area (Å²) in [7, 11) is 3.81. The second kappa shape index (κ2) is 11.3. The number of aliphatic imine (C=N–C) groups is 1. The van der Waals surface area contributed by atoms with Gasteiger partial charge in [-0.2, -0.15) is 5.26 Å². The Balaban J connectivity index is 1.34. The fourth-order valence-electron chi connectivity index (χ4n) is 5.20. The lowest BCUT2D eigenvalue weighted by atomic mass is 10.1. The van der Waals surface area contributed by atoms with Gasteiger partial charge in [-0.05, 0) is 36.2 Å². The van der Waals surface area contributed by atoms with Crippen molar-refractivity contribution in [1.29, 1.82) is 5.26 Å². The molecule has 204 valence electrons. The van der Waals surface area contributed by atoms with Gasteiger partial charge in [-0.15, -0.1) is 0 Å². The largest absolute Gasteiger partial charge is 0.348 e. The number of rotatable bonds is 6. The van der Waals surface area contributed by atoms with Crippen LogP contribution in [-0.4, -0.2) is 56.0 Å². The van der Waals surface area contributed by atoms with Crippen LogP contribution in [0.1, 0.15) is 5.56 Å². The minimum atomic E-state index is -0.371. The topological polar surface area (TPSA) is 80.0 Å². The summed E-state index contributed by atoms with van der Waals surface area (Å²) in [6.07, 6.45) is 0.736. The van der Waals surface area contributed by atoms with E-state index in [2.05, 4.69) is 18.2 Å². The molecule has 3 aliphatic heterocycles. The Hall–Kier alpha value is -4.26. The molecule has 0 atom stereocenters. The number of thioether (sulfide) groups is 2. The van der Waals surface area contributed by atoms with Crippen LogP contribution in [0.5, 0.6) is 0 Å². The fraction of sp³-hybridized carbons (Fsp3) is 0.188. The lowest BCUT2D eigenvalue weighted by Crippen LogP contribution is -2.29. The molecule has 0 N–H and O–H groups in total. The molecule has 9 heteroatoms. The lowest BCUT2D eigenvalue weighted by Gasteiger charge is -2.20. The first-order valence-electron chi connectivity index (χ1n) is 13.3. The number of benzene rings is 3. The van der Waals surface area contributed by atoms with Crippen LogP contribution in [0.15, 0.2) is 115 Å². The van der Waals surface area contributed by atoms with Crippen LogP contribution in [0.4, 0.5) is 11.4 Å². The van der Waals surface area contributed by atoms with E-state index in [-0.39, 0.29) is 30.2 Å². The molecule has 3 aromatic carbocycles. The lowest BCUT2D eigenvalue weighted by molar-refractivity contribution is -0.115. The van der Waals surface area contributed by atoms with Gasteiger partial charge in [-0.25, -0.2) is 0 Å². The number of carbonyl (C=O) groups excluding carboxylic acids is 2. The average molecular weight is 578 g/mol. The van der Waals surface area contributed by atoms with E-state index in [4.69, 9.17) is 4.99 Å². The molecule has 7 nitrogen and oxygen atoms in total. The highest BCUT2D eigenvalue weighted by atomic mass is 32.2. The zero-order valence-electron chi connectivity index (χ0n) is 22.7. The maximum absolute atomic E-state index is 13.5. The summed E-state index contributed by atoms with van der Waals surface area (Å²) in [5.41, 5.74) is 3.75. The molecular weight excluding hydrogens is 551 g/mol. The normalized spacial score (nSPS) is 20.0. The van der Waals surface area contributed by atoms with Crippen LogP contribution in [0.2, 0.25) is 0 Å². The van der Waals surface area contributed by atoms with Crippen molar-refractivity contribution in [2.24, 2.45) is 4.99 Å². The highest BCUT2D eigenvalue weighted by Crippen LogP contribution is 2.48. The fourth-order valence-corrected chi connectivity index (χ4v) is 7.56. The molecule has 0 bridgehead atoms. The molecule has 0 aliphatic carbocycles. The van der Waals surface area contributed by atoms with Crippen molar-refractivity contribution in [3.8, 4) is 6.07 Å². The maximum atomic E-state index is 13.5. The van der Waals surface area contributed by atoms with E-state index >= 15 is 0 Å². The summed E-state index contributed by atoms with van der Waals surface area (Å²) in [6.45, 7) is 0.560. The Morgan fingerprint density at radius 2 is 1.54 bits per heavy atom. The van der Waals surface area contributed by atoms with Crippen molar-refractivity contribution in [2.75, 3.05) is 43.5 Å². The highest BCUT2D eigenvalue weighted by molar-refractivity contribution is 8.04. The van der Waals surface area contributed by atoms with Gasteiger partial charge >= 0.3 is 0 Å². The Bertz CT molecular complexity index is 1690. The van der Waals surface area contributed by atoms with Gasteiger partial charge in [0.15, 0.2) is 11.6 Å². The van der Waals surface area contributed by atoms with Crippen LogP contribution < -0.4 is 9.80 Å². The van der Waals surface area contributed by atoms with Crippen molar-refractivity contribution in [2.45, 2.75) is 16.2 Å². The minimum Gasteiger partial charge on any atom is -0.348 e. The number of nitriles is 1. The Morgan fingerprint density at radius 1 is 0.902 bits per heavy atom. The number of hydrogen-bond acceptors (Lipinski definition) is 8. The molecule has 0 spiro atoms. The summed E-state index contributed by atoms with van der Waals surface area (Å²) in [6, 6.07) is 28.1. The summed E-state index contributed by atoms with van der Waals surface area (Å²) < 4.78 is 0. The van der Waals surface area contributed by atoms with E-state index in [9.17, 15) is 14.9 Å². The minimum absolute atomic E-state index is 0.0215. The van der Waals surface area contributed by atoms with Gasteiger partial charge in [0, 0.05) is 30.4 Å². The number of para-hydroxylation sites is 2. The van der Waals surface area contributed by atoms with Gasteiger partial charge in [0.05, 0.1) is 28.5 Å². The number of nitrogens with zero attached hydrogens (tertiary/aromatic N) is 5. The third-order valence-corrected chi connectivity index (χ3v) is 9.79. The number of likely N-dealkylation sites (tertiary alicyclic amines) is 1. The average Bonchev–Trinajstić information content (AvgIpc) is 3.62. The van der Waals surface area contributed by atoms with Crippen LogP contribution >= 0.6 is 23.5 Å². The van der Waals surface area contributed by atoms with Crippen LogP contribution in [0.3, 0.4) is 0 Å². The summed E-state index contributed by atoms with van der Waals surface area (Å²) in [4.78, 5) is 39.7. The molecule has 0 saturated carbocycles. The summed E-state index contributed by atoms with van der Waals surface area (Å²) in [5.74, 6) is 0.121. The quantitative estimate of drug-likeness (QED) is 0.280. The first kappa shape index (κ1) is 26.9. The van der Waals surface area contributed by atoms with E-state index < -0.39 is 0 Å². The predicted molar refractivity (Wildman–Crippen MR) is 165 cm³/mol. The SMILES string of the molecule is CN1/C(=C(\C#N)C(=O)CN=C2/C(=C3\Sc4ccccc4N3C)C(=O)CN2CCc2ccccc2)Sc2ccccc21. The molecule has 1 saturated heterocycles. The van der Waals surface area contributed by atoms with Gasteiger partial charge in [-0.1, -0.05) is 78.1 Å². The van der Waals surface area contributed by atoms with Crippen molar-refractivity contribution < 1.29 is 9.59 Å². The van der Waals surface area contributed by atoms with E-state index in [1.54, 1.807) is 11.8 Å². The van der Waals surface area contributed by atoms with Crippen molar-refractivity contribution in [3.63, 3.8) is 0 Å². The van der Waals surface area contributed by atoms with Crippen molar-refractivity contribution >= 4 is 52.3 Å². The van der Waals surface area contributed by atoms with Gasteiger partial charge in [0.2, 0.25) is 0 Å². The number of ketones is 2. The first-order valence-corrected chi connectivity index (χ1v) is 14.9.